The molecule has 3 N–H and O–H groups in total. The highest BCUT2D eigenvalue weighted by Gasteiger charge is 2.15. The Morgan fingerprint density at radius 1 is 1.32 bits per heavy atom. The average Bonchev–Trinajstić information content (AvgIpc) is 2.65. The van der Waals surface area contributed by atoms with Crippen LogP contribution in [0.5, 0.6) is 0 Å². The van der Waals surface area contributed by atoms with E-state index < -0.39 is 0 Å². The summed E-state index contributed by atoms with van der Waals surface area (Å²) >= 11 is 0. The molecule has 0 bridgehead atoms. The molecule has 106 valence electrons. The summed E-state index contributed by atoms with van der Waals surface area (Å²) in [5, 5.41) is 9.00. The van der Waals surface area contributed by atoms with Crippen molar-refractivity contribution in [2.24, 2.45) is 5.73 Å². The lowest BCUT2D eigenvalue weighted by Crippen LogP contribution is -2.32. The summed E-state index contributed by atoms with van der Waals surface area (Å²) in [4.78, 5) is 9.12. The Balaban J connectivity index is 1.97. The van der Waals surface area contributed by atoms with Gasteiger partial charge in [0.15, 0.2) is 0 Å². The number of nitrogens with two attached hydrogens (primary N) is 1. The molecular formula is C14H24N4O. The predicted molar refractivity (Wildman–Crippen MR) is 77.2 cm³/mol. The lowest BCUT2D eigenvalue weighted by atomic mass is 10.1. The fourth-order valence-electron chi connectivity index (χ4n) is 2.42. The minimum Gasteiger partial charge on any atom is -0.395 e. The molecular weight excluding hydrogens is 240 g/mol. The van der Waals surface area contributed by atoms with Crippen LogP contribution in [0, 0.1) is 0 Å². The monoisotopic (exact) mass is 264 g/mol. The lowest BCUT2D eigenvalue weighted by molar-refractivity contribution is 0.204. The Morgan fingerprint density at radius 2 is 2.16 bits per heavy atom. The molecule has 1 saturated heterocycles. The molecule has 1 unspecified atom stereocenters. The van der Waals surface area contributed by atoms with Crippen LogP contribution in [0.4, 0.5) is 5.82 Å². The molecule has 0 aromatic carbocycles. The summed E-state index contributed by atoms with van der Waals surface area (Å²) in [5.41, 5.74) is 6.90. The van der Waals surface area contributed by atoms with Gasteiger partial charge in [0.1, 0.15) is 5.82 Å². The molecule has 0 spiro atoms. The van der Waals surface area contributed by atoms with E-state index in [1.807, 2.05) is 13.1 Å². The van der Waals surface area contributed by atoms with E-state index in [0.717, 1.165) is 50.5 Å². The van der Waals surface area contributed by atoms with Gasteiger partial charge in [-0.2, -0.15) is 0 Å². The first kappa shape index (κ1) is 14.2. The van der Waals surface area contributed by atoms with Gasteiger partial charge in [-0.3, -0.25) is 4.90 Å². The highest BCUT2D eigenvalue weighted by molar-refractivity contribution is 5.40. The summed E-state index contributed by atoms with van der Waals surface area (Å²) in [7, 11) is 0. The van der Waals surface area contributed by atoms with Gasteiger partial charge in [0.05, 0.1) is 6.61 Å². The van der Waals surface area contributed by atoms with Crippen molar-refractivity contribution >= 4 is 5.82 Å². The van der Waals surface area contributed by atoms with E-state index in [1.165, 1.54) is 0 Å². The quantitative estimate of drug-likeness (QED) is 0.834. The number of aliphatic hydroxyl groups is 1. The van der Waals surface area contributed by atoms with E-state index in [4.69, 9.17) is 10.8 Å². The van der Waals surface area contributed by atoms with Crippen molar-refractivity contribution in [2.75, 3.05) is 44.2 Å². The van der Waals surface area contributed by atoms with Gasteiger partial charge in [0.25, 0.3) is 0 Å². The van der Waals surface area contributed by atoms with Gasteiger partial charge in [-0.25, -0.2) is 4.98 Å². The maximum atomic E-state index is 9.00. The zero-order chi connectivity index (χ0) is 13.7. The molecule has 1 aromatic heterocycles. The molecule has 2 rings (SSSR count). The summed E-state index contributed by atoms with van der Waals surface area (Å²) in [6, 6.07) is 4.15. The molecule has 0 aliphatic carbocycles. The molecule has 0 radical (unpaired) electrons. The zero-order valence-corrected chi connectivity index (χ0v) is 11.6. The van der Waals surface area contributed by atoms with Crippen LogP contribution in [0.2, 0.25) is 0 Å². The second kappa shape index (κ2) is 6.84. The smallest absolute Gasteiger partial charge is 0.128 e. The van der Waals surface area contributed by atoms with Crippen molar-refractivity contribution in [3.63, 3.8) is 0 Å². The van der Waals surface area contributed by atoms with E-state index in [-0.39, 0.29) is 12.6 Å². The largest absolute Gasteiger partial charge is 0.395 e. The summed E-state index contributed by atoms with van der Waals surface area (Å²) in [6.07, 6.45) is 2.98. The van der Waals surface area contributed by atoms with Crippen molar-refractivity contribution in [3.05, 3.63) is 23.9 Å². The minimum absolute atomic E-state index is 0.0331. The highest BCUT2D eigenvalue weighted by Crippen LogP contribution is 2.16. The molecule has 1 fully saturated rings. The molecule has 0 amide bonds. The molecule has 5 nitrogen and oxygen atoms in total. The van der Waals surface area contributed by atoms with Gasteiger partial charge in [0, 0.05) is 38.4 Å². The van der Waals surface area contributed by atoms with Crippen LogP contribution in [-0.2, 0) is 0 Å². The zero-order valence-electron chi connectivity index (χ0n) is 11.6. The Hall–Kier alpha value is -1.17. The molecule has 1 aliphatic rings. The van der Waals surface area contributed by atoms with E-state index in [0.29, 0.717) is 0 Å². The first-order valence-electron chi connectivity index (χ1n) is 7.00. The average molecular weight is 264 g/mol. The second-order valence-electron chi connectivity index (χ2n) is 5.14. The van der Waals surface area contributed by atoms with E-state index in [1.54, 1.807) is 0 Å². The third-order valence-electron chi connectivity index (χ3n) is 3.63. The predicted octanol–water partition coefficient (Wildman–Crippen LogP) is 0.606. The summed E-state index contributed by atoms with van der Waals surface area (Å²) < 4.78 is 0. The molecule has 2 heterocycles. The number of rotatable bonds is 4. The van der Waals surface area contributed by atoms with Crippen LogP contribution in [0.15, 0.2) is 18.3 Å². The second-order valence-corrected chi connectivity index (χ2v) is 5.14. The number of hydrogen-bond donors (Lipinski definition) is 2. The van der Waals surface area contributed by atoms with Gasteiger partial charge in [-0.15, -0.1) is 0 Å². The van der Waals surface area contributed by atoms with Crippen LogP contribution in [0.3, 0.4) is 0 Å². The Kier molecular flexibility index (Phi) is 5.13. The molecule has 1 atom stereocenters. The van der Waals surface area contributed by atoms with Crippen molar-refractivity contribution in [3.8, 4) is 0 Å². The molecule has 0 saturated carbocycles. The number of aromatic nitrogens is 1. The fourth-order valence-corrected chi connectivity index (χ4v) is 2.42. The van der Waals surface area contributed by atoms with Gasteiger partial charge in [-0.1, -0.05) is 6.07 Å². The van der Waals surface area contributed by atoms with Gasteiger partial charge < -0.3 is 15.7 Å². The topological polar surface area (TPSA) is 65.6 Å². The standard InChI is InChI=1S/C14H24N4O/c1-12(15)13-3-4-14(16-11-13)18-6-2-5-17(7-8-18)9-10-19/h3-4,11-12,19H,2,5-10,15H2,1H3. The Labute approximate surface area is 115 Å². The summed E-state index contributed by atoms with van der Waals surface area (Å²) in [5.74, 6) is 1.02. The van der Waals surface area contributed by atoms with E-state index >= 15 is 0 Å². The Morgan fingerprint density at radius 3 is 2.79 bits per heavy atom. The highest BCUT2D eigenvalue weighted by atomic mass is 16.3. The van der Waals surface area contributed by atoms with E-state index in [9.17, 15) is 0 Å². The number of anilines is 1. The number of β-amino-alcohol motifs (C(OH)–C–C–N with tert-alkyl or cyclic N) is 1. The SMILES string of the molecule is CC(N)c1ccc(N2CCCN(CCO)CC2)nc1. The van der Waals surface area contributed by atoms with Gasteiger partial charge in [-0.05, 0) is 31.5 Å². The Bertz CT molecular complexity index is 380. The minimum atomic E-state index is 0.0331. The van der Waals surface area contributed by atoms with Crippen molar-refractivity contribution in [1.29, 1.82) is 0 Å². The molecule has 1 aliphatic heterocycles. The van der Waals surface area contributed by atoms with Crippen LogP contribution < -0.4 is 10.6 Å². The van der Waals surface area contributed by atoms with Crippen molar-refractivity contribution in [2.45, 2.75) is 19.4 Å². The van der Waals surface area contributed by atoms with Crippen LogP contribution >= 0.6 is 0 Å². The normalized spacial score (nSPS) is 19.2. The lowest BCUT2D eigenvalue weighted by Gasteiger charge is -2.22. The van der Waals surface area contributed by atoms with Crippen LogP contribution in [-0.4, -0.2) is 54.3 Å². The third-order valence-corrected chi connectivity index (χ3v) is 3.63. The number of aliphatic hydroxyl groups excluding tert-OH is 1. The van der Waals surface area contributed by atoms with E-state index in [2.05, 4.69) is 26.9 Å². The number of pyridine rings is 1. The third kappa shape index (κ3) is 3.89. The number of hydrogen-bond acceptors (Lipinski definition) is 5. The molecule has 19 heavy (non-hydrogen) atoms. The van der Waals surface area contributed by atoms with Crippen molar-refractivity contribution < 1.29 is 5.11 Å². The molecule has 1 aromatic rings. The maximum Gasteiger partial charge on any atom is 0.128 e. The van der Waals surface area contributed by atoms with Crippen molar-refractivity contribution in [1.82, 2.24) is 9.88 Å². The summed E-state index contributed by atoms with van der Waals surface area (Å²) in [6.45, 7) is 6.99. The molecule has 5 heteroatoms. The number of nitrogens with zero attached hydrogens (tertiary/aromatic N) is 3. The van der Waals surface area contributed by atoms with Crippen LogP contribution in [0.25, 0.3) is 0 Å². The fraction of sp³-hybridized carbons (Fsp3) is 0.643. The first-order chi connectivity index (χ1) is 9.20. The van der Waals surface area contributed by atoms with Gasteiger partial charge >= 0.3 is 0 Å². The maximum absolute atomic E-state index is 9.00. The first-order valence-corrected chi connectivity index (χ1v) is 7.00. The van der Waals surface area contributed by atoms with Crippen LogP contribution in [0.1, 0.15) is 24.9 Å². The van der Waals surface area contributed by atoms with Gasteiger partial charge in [0.2, 0.25) is 0 Å².